The molecule has 0 bridgehead atoms. The van der Waals surface area contributed by atoms with Crippen LogP contribution in [0, 0.1) is 11.8 Å². The zero-order valence-corrected chi connectivity index (χ0v) is 10.4. The lowest BCUT2D eigenvalue weighted by Gasteiger charge is -2.15. The quantitative estimate of drug-likeness (QED) is 0.728. The largest absolute Gasteiger partial charge is 0.314 e. The molecule has 1 heterocycles. The number of likely N-dealkylation sites (N-methyl/N-ethyl adjacent to an activating group) is 1. The van der Waals surface area contributed by atoms with Gasteiger partial charge in [-0.2, -0.15) is 0 Å². The summed E-state index contributed by atoms with van der Waals surface area (Å²) in [6, 6.07) is 4.91. The van der Waals surface area contributed by atoms with Gasteiger partial charge in [0, 0.05) is 17.3 Å². The van der Waals surface area contributed by atoms with E-state index in [9.17, 15) is 0 Å². The van der Waals surface area contributed by atoms with Gasteiger partial charge in [-0.15, -0.1) is 23.2 Å². The molecule has 1 aromatic rings. The fraction of sp³-hybridized carbons (Fsp3) is 0.538. The van der Waals surface area contributed by atoms with E-state index in [1.807, 2.05) is 18.3 Å². The summed E-state index contributed by atoms with van der Waals surface area (Å²) in [5.41, 5.74) is 0. The SMILES string of the molecule is CC#CCCC(Cc1cccs1)NCC. The van der Waals surface area contributed by atoms with Gasteiger partial charge in [0.2, 0.25) is 0 Å². The highest BCUT2D eigenvalue weighted by atomic mass is 32.1. The lowest BCUT2D eigenvalue weighted by atomic mass is 10.1. The molecule has 15 heavy (non-hydrogen) atoms. The minimum absolute atomic E-state index is 0.578. The van der Waals surface area contributed by atoms with Gasteiger partial charge >= 0.3 is 0 Å². The van der Waals surface area contributed by atoms with E-state index in [1.165, 1.54) is 4.88 Å². The number of thiophene rings is 1. The van der Waals surface area contributed by atoms with Crippen LogP contribution in [-0.4, -0.2) is 12.6 Å². The summed E-state index contributed by atoms with van der Waals surface area (Å²) in [5, 5.41) is 5.66. The van der Waals surface area contributed by atoms with Gasteiger partial charge in [0.1, 0.15) is 0 Å². The van der Waals surface area contributed by atoms with Crippen molar-refractivity contribution in [2.24, 2.45) is 0 Å². The van der Waals surface area contributed by atoms with E-state index < -0.39 is 0 Å². The van der Waals surface area contributed by atoms with Gasteiger partial charge in [0.05, 0.1) is 0 Å². The summed E-state index contributed by atoms with van der Waals surface area (Å²) in [6.07, 6.45) is 3.28. The third-order valence-corrected chi connectivity index (χ3v) is 3.21. The summed E-state index contributed by atoms with van der Waals surface area (Å²) >= 11 is 1.84. The maximum absolute atomic E-state index is 3.52. The van der Waals surface area contributed by atoms with E-state index in [-0.39, 0.29) is 0 Å². The van der Waals surface area contributed by atoms with Crippen LogP contribution < -0.4 is 5.32 Å². The second-order valence-electron chi connectivity index (χ2n) is 3.50. The number of hydrogen-bond acceptors (Lipinski definition) is 2. The first-order valence-electron chi connectivity index (χ1n) is 5.52. The van der Waals surface area contributed by atoms with Crippen molar-refractivity contribution in [2.75, 3.05) is 6.54 Å². The van der Waals surface area contributed by atoms with E-state index in [1.54, 1.807) is 0 Å². The van der Waals surface area contributed by atoms with E-state index in [0.29, 0.717) is 6.04 Å². The van der Waals surface area contributed by atoms with E-state index in [4.69, 9.17) is 0 Å². The lowest BCUT2D eigenvalue weighted by molar-refractivity contribution is 0.500. The third-order valence-electron chi connectivity index (χ3n) is 2.32. The van der Waals surface area contributed by atoms with E-state index in [2.05, 4.69) is 41.6 Å². The van der Waals surface area contributed by atoms with Gasteiger partial charge in [-0.25, -0.2) is 0 Å². The van der Waals surface area contributed by atoms with Crippen molar-refractivity contribution in [2.45, 2.75) is 39.2 Å². The molecule has 82 valence electrons. The monoisotopic (exact) mass is 221 g/mol. The summed E-state index contributed by atoms with van der Waals surface area (Å²) < 4.78 is 0. The van der Waals surface area contributed by atoms with Crippen molar-refractivity contribution in [3.05, 3.63) is 22.4 Å². The van der Waals surface area contributed by atoms with Crippen LogP contribution in [-0.2, 0) is 6.42 Å². The first-order chi connectivity index (χ1) is 7.36. The van der Waals surface area contributed by atoms with Gasteiger partial charge in [-0.05, 0) is 37.8 Å². The molecule has 1 atom stereocenters. The van der Waals surface area contributed by atoms with Crippen LogP contribution in [0.3, 0.4) is 0 Å². The second-order valence-corrected chi connectivity index (χ2v) is 4.54. The summed E-state index contributed by atoms with van der Waals surface area (Å²) in [5.74, 6) is 6.08. The first-order valence-corrected chi connectivity index (χ1v) is 6.40. The Morgan fingerprint density at radius 2 is 2.40 bits per heavy atom. The zero-order valence-electron chi connectivity index (χ0n) is 9.55. The fourth-order valence-electron chi connectivity index (χ4n) is 1.61. The van der Waals surface area contributed by atoms with Crippen molar-refractivity contribution in [1.82, 2.24) is 5.32 Å². The predicted molar refractivity (Wildman–Crippen MR) is 68.2 cm³/mol. The van der Waals surface area contributed by atoms with Crippen LogP contribution in [0.15, 0.2) is 17.5 Å². The van der Waals surface area contributed by atoms with Crippen LogP contribution in [0.2, 0.25) is 0 Å². The fourth-order valence-corrected chi connectivity index (χ4v) is 2.39. The van der Waals surface area contributed by atoms with Gasteiger partial charge in [-0.3, -0.25) is 0 Å². The molecule has 0 aromatic carbocycles. The molecule has 2 heteroatoms. The Bertz CT molecular complexity index is 305. The smallest absolute Gasteiger partial charge is 0.0124 e. The highest BCUT2D eigenvalue weighted by Gasteiger charge is 2.07. The average molecular weight is 221 g/mol. The highest BCUT2D eigenvalue weighted by molar-refractivity contribution is 7.09. The number of hydrogen-bond donors (Lipinski definition) is 1. The van der Waals surface area contributed by atoms with Crippen LogP contribution in [0.1, 0.15) is 31.6 Å². The predicted octanol–water partition coefficient (Wildman–Crippen LogP) is 3.07. The van der Waals surface area contributed by atoms with Crippen LogP contribution in [0.5, 0.6) is 0 Å². The van der Waals surface area contributed by atoms with Crippen LogP contribution >= 0.6 is 11.3 Å². The standard InChI is InChI=1S/C13H19NS/c1-3-5-6-8-12(14-4-2)11-13-9-7-10-15-13/h7,9-10,12,14H,4,6,8,11H2,1-2H3. The molecule has 0 fully saturated rings. The molecular formula is C13H19NS. The molecule has 0 radical (unpaired) electrons. The van der Waals surface area contributed by atoms with Gasteiger partial charge in [0.25, 0.3) is 0 Å². The molecule has 1 unspecified atom stereocenters. The minimum Gasteiger partial charge on any atom is -0.314 e. The molecule has 0 aliphatic heterocycles. The molecule has 1 rings (SSSR count). The lowest BCUT2D eigenvalue weighted by Crippen LogP contribution is -2.30. The Hall–Kier alpha value is -0.780. The van der Waals surface area contributed by atoms with Crippen molar-refractivity contribution in [1.29, 1.82) is 0 Å². The summed E-state index contributed by atoms with van der Waals surface area (Å²) in [6.45, 7) is 5.10. The zero-order chi connectivity index (χ0) is 10.9. The molecule has 0 aliphatic carbocycles. The Morgan fingerprint density at radius 1 is 1.53 bits per heavy atom. The van der Waals surface area contributed by atoms with Crippen molar-refractivity contribution in [3.63, 3.8) is 0 Å². The molecule has 1 nitrogen and oxygen atoms in total. The van der Waals surface area contributed by atoms with Crippen molar-refractivity contribution in [3.8, 4) is 11.8 Å². The van der Waals surface area contributed by atoms with Crippen LogP contribution in [0.4, 0.5) is 0 Å². The van der Waals surface area contributed by atoms with Gasteiger partial charge in [0.15, 0.2) is 0 Å². The van der Waals surface area contributed by atoms with Crippen molar-refractivity contribution < 1.29 is 0 Å². The third kappa shape index (κ3) is 5.01. The first kappa shape index (κ1) is 12.3. The molecular weight excluding hydrogens is 202 g/mol. The highest BCUT2D eigenvalue weighted by Crippen LogP contribution is 2.13. The average Bonchev–Trinajstić information content (AvgIpc) is 2.71. The summed E-state index contributed by atoms with van der Waals surface area (Å²) in [7, 11) is 0. The Labute approximate surface area is 96.9 Å². The molecule has 0 aliphatic rings. The van der Waals surface area contributed by atoms with Crippen molar-refractivity contribution >= 4 is 11.3 Å². The second kappa shape index (κ2) is 7.50. The van der Waals surface area contributed by atoms with Crippen LogP contribution in [0.25, 0.3) is 0 Å². The molecule has 1 aromatic heterocycles. The normalized spacial score (nSPS) is 11.9. The maximum Gasteiger partial charge on any atom is 0.0124 e. The molecule has 0 saturated carbocycles. The Morgan fingerprint density at radius 3 is 3.00 bits per heavy atom. The van der Waals surface area contributed by atoms with E-state index >= 15 is 0 Å². The molecule has 0 amide bonds. The molecule has 0 saturated heterocycles. The Balaban J connectivity index is 2.38. The minimum atomic E-state index is 0.578. The number of nitrogens with one attached hydrogen (secondary N) is 1. The topological polar surface area (TPSA) is 12.0 Å². The molecule has 0 spiro atoms. The van der Waals surface area contributed by atoms with E-state index in [0.717, 1.165) is 25.8 Å². The van der Waals surface area contributed by atoms with Gasteiger partial charge in [-0.1, -0.05) is 13.0 Å². The summed E-state index contributed by atoms with van der Waals surface area (Å²) in [4.78, 5) is 1.46. The van der Waals surface area contributed by atoms with Gasteiger partial charge < -0.3 is 5.32 Å². The number of rotatable bonds is 6. The molecule has 1 N–H and O–H groups in total. The maximum atomic E-state index is 3.52. The Kier molecular flexibility index (Phi) is 6.15.